The van der Waals surface area contributed by atoms with Gasteiger partial charge in [0, 0.05) is 45.1 Å². The van der Waals surface area contributed by atoms with Gasteiger partial charge in [0.15, 0.2) is 5.96 Å². The molecule has 0 aliphatic carbocycles. The highest BCUT2D eigenvalue weighted by molar-refractivity contribution is 5.98. The fourth-order valence-corrected chi connectivity index (χ4v) is 3.04. The lowest BCUT2D eigenvalue weighted by atomic mass is 10.3. The molecule has 0 spiro atoms. The van der Waals surface area contributed by atoms with Crippen LogP contribution in [0.3, 0.4) is 0 Å². The minimum absolute atomic E-state index is 0.0601. The summed E-state index contributed by atoms with van der Waals surface area (Å²) in [7, 11) is 1.79. The van der Waals surface area contributed by atoms with Gasteiger partial charge in [-0.15, -0.1) is 0 Å². The molecular weight excluding hydrogens is 415 g/mol. The molecule has 1 saturated heterocycles. The second-order valence-electron chi connectivity index (χ2n) is 6.81. The molecular formula is C19H24F3N7O2. The first-order chi connectivity index (χ1) is 14.8. The van der Waals surface area contributed by atoms with Crippen LogP contribution in [0.1, 0.15) is 12.5 Å². The Morgan fingerprint density at radius 3 is 2.68 bits per heavy atom. The van der Waals surface area contributed by atoms with Crippen LogP contribution in [-0.2, 0) is 18.0 Å². The summed E-state index contributed by atoms with van der Waals surface area (Å²) >= 11 is 0. The van der Waals surface area contributed by atoms with Gasteiger partial charge in [-0.25, -0.2) is 9.98 Å². The third-order valence-electron chi connectivity index (χ3n) is 4.52. The van der Waals surface area contributed by atoms with E-state index in [0.29, 0.717) is 25.6 Å². The summed E-state index contributed by atoms with van der Waals surface area (Å²) in [4.78, 5) is 24.3. The molecule has 3 rings (SSSR count). The van der Waals surface area contributed by atoms with Gasteiger partial charge in [0.25, 0.3) is 0 Å². The number of hydrogen-bond acceptors (Lipinski definition) is 5. The fraction of sp³-hybridized carbons (Fsp3) is 0.474. The van der Waals surface area contributed by atoms with Crippen LogP contribution in [0.4, 0.5) is 18.9 Å². The zero-order valence-corrected chi connectivity index (χ0v) is 17.3. The average molecular weight is 439 g/mol. The number of aliphatic imine (C=N–C) groups is 1. The van der Waals surface area contributed by atoms with Crippen LogP contribution >= 0.6 is 0 Å². The van der Waals surface area contributed by atoms with E-state index in [4.69, 9.17) is 4.74 Å². The Hall–Kier alpha value is -3.31. The lowest BCUT2D eigenvalue weighted by molar-refractivity contribution is -0.137. The topological polar surface area (TPSA) is 87.9 Å². The third-order valence-corrected chi connectivity index (χ3v) is 4.52. The zero-order chi connectivity index (χ0) is 22.4. The van der Waals surface area contributed by atoms with Crippen molar-refractivity contribution in [2.24, 2.45) is 12.0 Å². The molecule has 168 valence electrons. The smallest absolute Gasteiger partial charge is 0.417 e. The molecule has 2 aromatic heterocycles. The quantitative estimate of drug-likeness (QED) is 0.417. The summed E-state index contributed by atoms with van der Waals surface area (Å²) in [5.41, 5.74) is -0.0751. The van der Waals surface area contributed by atoms with Crippen molar-refractivity contribution in [3.05, 3.63) is 36.3 Å². The number of carbonyl (C=O) groups is 1. The third kappa shape index (κ3) is 5.86. The summed E-state index contributed by atoms with van der Waals surface area (Å²) in [5.74, 6) is 0.606. The van der Waals surface area contributed by atoms with Gasteiger partial charge in [0.1, 0.15) is 13.2 Å². The first-order valence-corrected chi connectivity index (χ1v) is 9.76. The number of halogens is 3. The first-order valence-electron chi connectivity index (χ1n) is 9.76. The molecule has 0 radical (unpaired) electrons. The number of nitrogens with one attached hydrogen (secondary N) is 1. The highest BCUT2D eigenvalue weighted by Gasteiger charge is 2.31. The van der Waals surface area contributed by atoms with Crippen LogP contribution in [0.5, 0.6) is 5.88 Å². The minimum atomic E-state index is -4.44. The number of hydrogen-bond donors (Lipinski definition) is 1. The average Bonchev–Trinajstić information content (AvgIpc) is 3.16. The lowest BCUT2D eigenvalue weighted by Gasteiger charge is -2.35. The predicted molar refractivity (Wildman–Crippen MR) is 108 cm³/mol. The molecule has 3 heterocycles. The molecule has 2 aromatic rings. The number of anilines is 1. The summed E-state index contributed by atoms with van der Waals surface area (Å²) in [6, 6.07) is 2.09. The number of amides is 1. The van der Waals surface area contributed by atoms with Gasteiger partial charge in [-0.3, -0.25) is 9.48 Å². The Morgan fingerprint density at radius 2 is 2.10 bits per heavy atom. The molecule has 9 nitrogen and oxygen atoms in total. The molecule has 12 heteroatoms. The molecule has 0 aromatic carbocycles. The molecule has 31 heavy (non-hydrogen) atoms. The predicted octanol–water partition coefficient (Wildman–Crippen LogP) is 1.53. The van der Waals surface area contributed by atoms with Crippen molar-refractivity contribution in [1.82, 2.24) is 25.0 Å². The summed E-state index contributed by atoms with van der Waals surface area (Å²) < 4.78 is 44.7. The highest BCUT2D eigenvalue weighted by atomic mass is 19.4. The highest BCUT2D eigenvalue weighted by Crippen LogP contribution is 2.29. The maximum atomic E-state index is 12.6. The Balaban J connectivity index is 1.53. The number of aromatic nitrogens is 3. The number of rotatable bonds is 6. The van der Waals surface area contributed by atoms with E-state index < -0.39 is 11.7 Å². The number of piperazine rings is 1. The normalized spacial score (nSPS) is 15.4. The number of ether oxygens (including phenoxy) is 1. The van der Waals surface area contributed by atoms with Crippen LogP contribution in [0.2, 0.25) is 0 Å². The Bertz CT molecular complexity index is 912. The second kappa shape index (κ2) is 9.67. The van der Waals surface area contributed by atoms with Gasteiger partial charge in [0.2, 0.25) is 11.8 Å². The van der Waals surface area contributed by atoms with Crippen molar-refractivity contribution in [2.75, 3.05) is 44.2 Å². The first kappa shape index (κ1) is 22.4. The zero-order valence-electron chi connectivity index (χ0n) is 17.3. The van der Waals surface area contributed by atoms with E-state index in [1.807, 2.05) is 11.8 Å². The SMILES string of the molecule is CCNC(=NCCOc1ccc(C(F)(F)F)cn1)N1CCN(c2cnn(C)c2)C(=O)C1. The van der Waals surface area contributed by atoms with E-state index >= 15 is 0 Å². The maximum Gasteiger partial charge on any atom is 0.417 e. The number of guanidine groups is 1. The molecule has 0 atom stereocenters. The van der Waals surface area contributed by atoms with E-state index in [1.165, 1.54) is 6.07 Å². The molecule has 0 bridgehead atoms. The number of aryl methyl sites for hydroxylation is 1. The van der Waals surface area contributed by atoms with Crippen LogP contribution in [0.15, 0.2) is 35.7 Å². The van der Waals surface area contributed by atoms with Gasteiger partial charge < -0.3 is 19.9 Å². The lowest BCUT2D eigenvalue weighted by Crippen LogP contribution is -2.55. The van der Waals surface area contributed by atoms with Gasteiger partial charge in [0.05, 0.1) is 24.0 Å². The number of pyridine rings is 1. The largest absolute Gasteiger partial charge is 0.476 e. The van der Waals surface area contributed by atoms with E-state index in [9.17, 15) is 18.0 Å². The van der Waals surface area contributed by atoms with Crippen molar-refractivity contribution in [3.8, 4) is 5.88 Å². The van der Waals surface area contributed by atoms with E-state index in [2.05, 4.69) is 20.4 Å². The summed E-state index contributed by atoms with van der Waals surface area (Å²) in [6.07, 6.45) is -0.260. The monoisotopic (exact) mass is 439 g/mol. The molecule has 0 unspecified atom stereocenters. The fourth-order valence-electron chi connectivity index (χ4n) is 3.04. The van der Waals surface area contributed by atoms with Crippen LogP contribution in [0.25, 0.3) is 0 Å². The van der Waals surface area contributed by atoms with Crippen LogP contribution < -0.4 is 15.0 Å². The minimum Gasteiger partial charge on any atom is -0.476 e. The summed E-state index contributed by atoms with van der Waals surface area (Å²) in [6.45, 7) is 4.19. The molecule has 1 aliphatic rings. The van der Waals surface area contributed by atoms with Crippen molar-refractivity contribution < 1.29 is 22.7 Å². The Morgan fingerprint density at radius 1 is 1.29 bits per heavy atom. The molecule has 1 fully saturated rings. The van der Waals surface area contributed by atoms with Crippen LogP contribution in [-0.4, -0.2) is 70.9 Å². The van der Waals surface area contributed by atoms with Gasteiger partial charge in [-0.2, -0.15) is 18.3 Å². The van der Waals surface area contributed by atoms with E-state index in [-0.39, 0.29) is 31.5 Å². The maximum absolute atomic E-state index is 12.6. The van der Waals surface area contributed by atoms with Crippen molar-refractivity contribution in [1.29, 1.82) is 0 Å². The number of nitrogens with zero attached hydrogens (tertiary/aromatic N) is 6. The van der Waals surface area contributed by atoms with Gasteiger partial charge in [-0.05, 0) is 13.0 Å². The molecule has 0 saturated carbocycles. The molecule has 1 N–H and O–H groups in total. The number of alkyl halides is 3. The van der Waals surface area contributed by atoms with Crippen molar-refractivity contribution in [2.45, 2.75) is 13.1 Å². The standard InChI is InChI=1S/C19H24F3N7O2/c1-3-23-18(24-6-9-31-16-5-4-14(10-25-16)19(20,21)22)28-7-8-29(17(30)13-28)15-11-26-27(2)12-15/h4-5,10-12H,3,6-9,13H2,1-2H3,(H,23,24). The van der Waals surface area contributed by atoms with E-state index in [0.717, 1.165) is 18.0 Å². The summed E-state index contributed by atoms with van der Waals surface area (Å²) in [5, 5.41) is 7.25. The van der Waals surface area contributed by atoms with Gasteiger partial charge in [-0.1, -0.05) is 0 Å². The van der Waals surface area contributed by atoms with Crippen LogP contribution in [0, 0.1) is 0 Å². The molecule has 1 amide bonds. The van der Waals surface area contributed by atoms with Gasteiger partial charge >= 0.3 is 6.18 Å². The van der Waals surface area contributed by atoms with Crippen molar-refractivity contribution >= 4 is 17.6 Å². The van der Waals surface area contributed by atoms with Crippen molar-refractivity contribution in [3.63, 3.8) is 0 Å². The number of carbonyl (C=O) groups excluding carboxylic acids is 1. The second-order valence-corrected chi connectivity index (χ2v) is 6.81. The Kier molecular flexibility index (Phi) is 6.98. The Labute approximate surface area is 177 Å². The molecule has 1 aliphatic heterocycles. The van der Waals surface area contributed by atoms with E-state index in [1.54, 1.807) is 29.0 Å².